The summed E-state index contributed by atoms with van der Waals surface area (Å²) in [7, 11) is 0. The van der Waals surface area contributed by atoms with E-state index in [1.54, 1.807) is 4.90 Å². The molecule has 0 spiro atoms. The molecule has 0 radical (unpaired) electrons. The number of aldehydes is 1. The number of nitrogens with zero attached hydrogens (tertiary/aromatic N) is 1. The van der Waals surface area contributed by atoms with Gasteiger partial charge in [-0.05, 0) is 31.3 Å². The molecule has 1 heterocycles. The Morgan fingerprint density at radius 1 is 1.35 bits per heavy atom. The molecule has 2 aliphatic rings. The van der Waals surface area contributed by atoms with Crippen LogP contribution in [0.2, 0.25) is 0 Å². The van der Waals surface area contributed by atoms with Gasteiger partial charge in [0.15, 0.2) is 0 Å². The van der Waals surface area contributed by atoms with Crippen LogP contribution < -0.4 is 22.1 Å². The Bertz CT molecular complexity index is 499. The van der Waals surface area contributed by atoms with Gasteiger partial charge in [-0.3, -0.25) is 9.59 Å². The fourth-order valence-electron chi connectivity index (χ4n) is 2.75. The molecule has 8 heteroatoms. The highest BCUT2D eigenvalue weighted by Gasteiger charge is 2.34. The molecule has 2 fully saturated rings. The van der Waals surface area contributed by atoms with E-state index in [9.17, 15) is 14.4 Å². The Hall–Kier alpha value is -1.93. The van der Waals surface area contributed by atoms with Crippen LogP contribution in [0.25, 0.3) is 0 Å². The zero-order chi connectivity index (χ0) is 16.8. The summed E-state index contributed by atoms with van der Waals surface area (Å²) < 4.78 is 0. The van der Waals surface area contributed by atoms with E-state index in [1.165, 1.54) is 5.57 Å². The van der Waals surface area contributed by atoms with E-state index in [0.717, 1.165) is 25.0 Å². The zero-order valence-corrected chi connectivity index (χ0v) is 13.2. The lowest BCUT2D eigenvalue weighted by Crippen LogP contribution is -2.52. The molecule has 0 bridgehead atoms. The second-order valence-electron chi connectivity index (χ2n) is 5.87. The first-order chi connectivity index (χ1) is 11.1. The summed E-state index contributed by atoms with van der Waals surface area (Å²) in [5.74, 6) is -0.455. The van der Waals surface area contributed by atoms with E-state index in [1.807, 2.05) is 0 Å². The molecule has 1 aliphatic carbocycles. The topological polar surface area (TPSA) is 131 Å². The maximum absolute atomic E-state index is 12.4. The fourth-order valence-corrected chi connectivity index (χ4v) is 2.75. The third kappa shape index (κ3) is 4.52. The predicted octanol–water partition coefficient (Wildman–Crippen LogP) is -1.78. The van der Waals surface area contributed by atoms with Crippen LogP contribution in [0.3, 0.4) is 0 Å². The number of rotatable bonds is 8. The summed E-state index contributed by atoms with van der Waals surface area (Å²) >= 11 is 0. The molecule has 0 aromatic heterocycles. The number of carbonyl (C=O) groups excluding carboxylic acids is 3. The second-order valence-corrected chi connectivity index (χ2v) is 5.87. The molecule has 0 aromatic rings. The van der Waals surface area contributed by atoms with Crippen molar-refractivity contribution in [2.45, 2.75) is 37.8 Å². The average Bonchev–Trinajstić information content (AvgIpc) is 3.27. The van der Waals surface area contributed by atoms with Gasteiger partial charge in [-0.1, -0.05) is 0 Å². The minimum Gasteiger partial charge on any atom is -0.379 e. The molecule has 2 amide bonds. The van der Waals surface area contributed by atoms with Crippen LogP contribution in [0.1, 0.15) is 25.7 Å². The van der Waals surface area contributed by atoms with E-state index in [0.29, 0.717) is 25.8 Å². The zero-order valence-electron chi connectivity index (χ0n) is 13.2. The van der Waals surface area contributed by atoms with Crippen molar-refractivity contribution in [2.24, 2.45) is 11.5 Å². The van der Waals surface area contributed by atoms with Gasteiger partial charge < -0.3 is 31.8 Å². The maximum atomic E-state index is 12.4. The molecule has 1 aliphatic heterocycles. The summed E-state index contributed by atoms with van der Waals surface area (Å²) in [6, 6.07) is -1.24. The van der Waals surface area contributed by atoms with Crippen molar-refractivity contribution in [1.82, 2.24) is 15.5 Å². The molecule has 128 valence electrons. The number of likely N-dealkylation sites (tertiary alicyclic amines) is 1. The van der Waals surface area contributed by atoms with Gasteiger partial charge in [-0.2, -0.15) is 0 Å². The normalized spacial score (nSPS) is 20.9. The highest BCUT2D eigenvalue weighted by atomic mass is 16.2. The Labute approximate surface area is 135 Å². The van der Waals surface area contributed by atoms with E-state index in [2.05, 4.69) is 10.6 Å². The Kier molecular flexibility index (Phi) is 6.12. The van der Waals surface area contributed by atoms with Crippen LogP contribution in [0.5, 0.6) is 0 Å². The molecule has 1 saturated carbocycles. The number of amides is 2. The molecule has 23 heavy (non-hydrogen) atoms. The predicted molar refractivity (Wildman–Crippen MR) is 85.1 cm³/mol. The third-order valence-corrected chi connectivity index (χ3v) is 4.21. The molecular formula is C15H25N5O3. The number of nitrogens with two attached hydrogens (primary N) is 2. The largest absolute Gasteiger partial charge is 0.379 e. The van der Waals surface area contributed by atoms with E-state index in [-0.39, 0.29) is 24.9 Å². The van der Waals surface area contributed by atoms with Crippen LogP contribution in [-0.2, 0) is 14.4 Å². The van der Waals surface area contributed by atoms with Crippen LogP contribution in [0, 0.1) is 0 Å². The van der Waals surface area contributed by atoms with Crippen LogP contribution in [0.15, 0.2) is 11.3 Å². The van der Waals surface area contributed by atoms with Crippen molar-refractivity contribution in [2.75, 3.05) is 26.2 Å². The Morgan fingerprint density at radius 3 is 2.65 bits per heavy atom. The molecule has 2 unspecified atom stereocenters. The summed E-state index contributed by atoms with van der Waals surface area (Å²) in [6.07, 6.45) is 4.04. The second kappa shape index (κ2) is 8.07. The minimum atomic E-state index is -0.707. The van der Waals surface area contributed by atoms with Crippen LogP contribution in [0.4, 0.5) is 0 Å². The van der Waals surface area contributed by atoms with Gasteiger partial charge in [0.2, 0.25) is 11.8 Å². The van der Waals surface area contributed by atoms with Crippen molar-refractivity contribution >= 4 is 18.1 Å². The quantitative estimate of drug-likeness (QED) is 0.391. The molecule has 8 nitrogen and oxygen atoms in total. The Balaban J connectivity index is 1.89. The van der Waals surface area contributed by atoms with Crippen molar-refractivity contribution in [3.05, 3.63) is 11.3 Å². The van der Waals surface area contributed by atoms with E-state index < -0.39 is 12.1 Å². The number of allylic oxidation sites excluding steroid dienone is 1. The average molecular weight is 323 g/mol. The minimum absolute atomic E-state index is 0.0465. The van der Waals surface area contributed by atoms with E-state index in [4.69, 9.17) is 11.5 Å². The number of carbonyl (C=O) groups is 3. The lowest BCUT2D eigenvalue weighted by atomic mass is 10.2. The van der Waals surface area contributed by atoms with Gasteiger partial charge in [0.05, 0.1) is 12.6 Å². The van der Waals surface area contributed by atoms with Gasteiger partial charge in [0.1, 0.15) is 12.3 Å². The van der Waals surface area contributed by atoms with Crippen LogP contribution in [-0.4, -0.2) is 61.3 Å². The number of hydrogen-bond donors (Lipinski definition) is 4. The number of hydrogen-bond acceptors (Lipinski definition) is 6. The first-order valence-corrected chi connectivity index (χ1v) is 8.00. The van der Waals surface area contributed by atoms with Crippen LogP contribution >= 0.6 is 0 Å². The lowest BCUT2D eigenvalue weighted by Gasteiger charge is -2.25. The van der Waals surface area contributed by atoms with Gasteiger partial charge in [0, 0.05) is 25.3 Å². The smallest absolute Gasteiger partial charge is 0.243 e. The highest BCUT2D eigenvalue weighted by Crippen LogP contribution is 2.30. The molecule has 2 rings (SSSR count). The number of nitrogens with one attached hydrogen (secondary N) is 2. The van der Waals surface area contributed by atoms with Gasteiger partial charge in [-0.15, -0.1) is 0 Å². The molecule has 1 saturated heterocycles. The molecule has 6 N–H and O–H groups in total. The monoisotopic (exact) mass is 323 g/mol. The summed E-state index contributed by atoms with van der Waals surface area (Å²) in [5, 5.41) is 5.66. The third-order valence-electron chi connectivity index (χ3n) is 4.21. The van der Waals surface area contributed by atoms with E-state index >= 15 is 0 Å². The first kappa shape index (κ1) is 17.4. The standard InChI is InChI=1S/C15H25N5O3/c16-6-11(9-21)19-15(23)13-2-1-5-20(13)14(22)8-18-12(7-17)10-3-4-10/h9,11,13,18H,1-8,16-17H2,(H,19,23). The van der Waals surface area contributed by atoms with Crippen molar-refractivity contribution in [3.8, 4) is 0 Å². The van der Waals surface area contributed by atoms with Crippen molar-refractivity contribution in [3.63, 3.8) is 0 Å². The molecular weight excluding hydrogens is 298 g/mol. The maximum Gasteiger partial charge on any atom is 0.243 e. The van der Waals surface area contributed by atoms with Crippen molar-refractivity contribution in [1.29, 1.82) is 0 Å². The Morgan fingerprint density at radius 2 is 2.09 bits per heavy atom. The van der Waals surface area contributed by atoms with Gasteiger partial charge >= 0.3 is 0 Å². The first-order valence-electron chi connectivity index (χ1n) is 8.00. The summed E-state index contributed by atoms with van der Waals surface area (Å²) in [6.45, 7) is 1.12. The summed E-state index contributed by atoms with van der Waals surface area (Å²) in [5.41, 5.74) is 13.3. The molecule has 2 atom stereocenters. The summed E-state index contributed by atoms with van der Waals surface area (Å²) in [4.78, 5) is 36.9. The molecule has 0 aromatic carbocycles. The SMILES string of the molecule is NCC(NCC(=O)N1CCCC1C(=O)NC(C=O)CN)=C1CC1. The fraction of sp³-hybridized carbons (Fsp3) is 0.667. The highest BCUT2D eigenvalue weighted by molar-refractivity contribution is 5.90. The lowest BCUT2D eigenvalue weighted by molar-refractivity contribution is -0.138. The van der Waals surface area contributed by atoms with Gasteiger partial charge in [-0.25, -0.2) is 0 Å². The van der Waals surface area contributed by atoms with Crippen molar-refractivity contribution < 1.29 is 14.4 Å². The van der Waals surface area contributed by atoms with Gasteiger partial charge in [0.25, 0.3) is 0 Å².